The first kappa shape index (κ1) is 27.5. The Morgan fingerprint density at radius 1 is 0.367 bits per heavy atom. The number of rotatable bonds is 5. The van der Waals surface area contributed by atoms with Gasteiger partial charge in [-0.15, -0.1) is 0 Å². The van der Waals surface area contributed by atoms with E-state index in [1.807, 2.05) is 24.3 Å². The first-order valence-corrected chi connectivity index (χ1v) is 16.6. The zero-order valence-corrected chi connectivity index (χ0v) is 26.5. The second kappa shape index (κ2) is 11.0. The molecule has 0 bridgehead atoms. The maximum Gasteiger partial charge on any atom is 0.143 e. The summed E-state index contributed by atoms with van der Waals surface area (Å²) in [5.74, 6) is 0. The summed E-state index contributed by atoms with van der Waals surface area (Å²) in [5.41, 5.74) is 11.2. The van der Waals surface area contributed by atoms with Gasteiger partial charge in [-0.3, -0.25) is 0 Å². The van der Waals surface area contributed by atoms with E-state index in [1.54, 1.807) is 0 Å². The molecule has 8 aromatic carbocycles. The van der Waals surface area contributed by atoms with Gasteiger partial charge in [0, 0.05) is 33.0 Å². The molecule has 49 heavy (non-hydrogen) atoms. The van der Waals surface area contributed by atoms with Crippen LogP contribution in [0.2, 0.25) is 0 Å². The number of nitrogens with zero attached hydrogens (tertiary/aromatic N) is 1. The van der Waals surface area contributed by atoms with Crippen molar-refractivity contribution < 1.29 is 8.83 Å². The zero-order valence-electron chi connectivity index (χ0n) is 26.5. The number of hydrogen-bond acceptors (Lipinski definition) is 3. The molecule has 0 aliphatic rings. The molecule has 0 radical (unpaired) electrons. The van der Waals surface area contributed by atoms with Crippen molar-refractivity contribution in [1.29, 1.82) is 0 Å². The summed E-state index contributed by atoms with van der Waals surface area (Å²) >= 11 is 0. The van der Waals surface area contributed by atoms with Gasteiger partial charge >= 0.3 is 0 Å². The SMILES string of the molecule is c1cc(-c2cccc3c2oc2ccccc23)cc(N(c2ccccc2-c2cccc3ccccc23)c2cccc3oc4ccccc4c23)c1. The minimum atomic E-state index is 0.856. The van der Waals surface area contributed by atoms with Gasteiger partial charge in [-0.2, -0.15) is 0 Å². The molecule has 2 aromatic heterocycles. The van der Waals surface area contributed by atoms with Crippen LogP contribution in [0.3, 0.4) is 0 Å². The van der Waals surface area contributed by atoms with Gasteiger partial charge in [-0.05, 0) is 64.4 Å². The monoisotopic (exact) mass is 627 g/mol. The fourth-order valence-corrected chi connectivity index (χ4v) is 7.49. The number of benzene rings is 8. The molecule has 0 saturated carbocycles. The third kappa shape index (κ3) is 4.37. The van der Waals surface area contributed by atoms with Crippen molar-refractivity contribution in [1.82, 2.24) is 0 Å². The molecule has 0 N–H and O–H groups in total. The van der Waals surface area contributed by atoms with Crippen molar-refractivity contribution in [2.24, 2.45) is 0 Å². The van der Waals surface area contributed by atoms with E-state index >= 15 is 0 Å². The topological polar surface area (TPSA) is 29.5 Å². The number of para-hydroxylation sites is 4. The van der Waals surface area contributed by atoms with E-state index in [-0.39, 0.29) is 0 Å². The zero-order chi connectivity index (χ0) is 32.3. The minimum Gasteiger partial charge on any atom is -0.456 e. The lowest BCUT2D eigenvalue weighted by Gasteiger charge is -2.29. The Morgan fingerprint density at radius 3 is 1.88 bits per heavy atom. The lowest BCUT2D eigenvalue weighted by molar-refractivity contribution is 0.669. The number of anilines is 3. The molecule has 0 spiro atoms. The van der Waals surface area contributed by atoms with Gasteiger partial charge < -0.3 is 13.7 Å². The second-order valence-corrected chi connectivity index (χ2v) is 12.5. The molecule has 0 aliphatic carbocycles. The summed E-state index contributed by atoms with van der Waals surface area (Å²) in [6.07, 6.45) is 0. The fourth-order valence-electron chi connectivity index (χ4n) is 7.49. The van der Waals surface area contributed by atoms with Crippen molar-refractivity contribution >= 4 is 71.7 Å². The van der Waals surface area contributed by atoms with Gasteiger partial charge in [0.1, 0.15) is 22.3 Å². The van der Waals surface area contributed by atoms with Gasteiger partial charge in [-0.25, -0.2) is 0 Å². The van der Waals surface area contributed by atoms with Gasteiger partial charge in [0.15, 0.2) is 0 Å². The lowest BCUT2D eigenvalue weighted by atomic mass is 9.95. The smallest absolute Gasteiger partial charge is 0.143 e. The first-order valence-electron chi connectivity index (χ1n) is 16.6. The van der Waals surface area contributed by atoms with E-state index in [2.05, 4.69) is 157 Å². The van der Waals surface area contributed by atoms with Crippen LogP contribution in [-0.2, 0) is 0 Å². The van der Waals surface area contributed by atoms with Crippen LogP contribution in [0.1, 0.15) is 0 Å². The third-order valence-electron chi connectivity index (χ3n) is 9.67. The number of furan rings is 2. The van der Waals surface area contributed by atoms with Crippen LogP contribution in [0.25, 0.3) is 76.9 Å². The molecule has 0 amide bonds. The normalized spacial score (nSPS) is 11.7. The predicted octanol–water partition coefficient (Wildman–Crippen LogP) is 13.4. The summed E-state index contributed by atoms with van der Waals surface area (Å²) in [6.45, 7) is 0. The Hall–Kier alpha value is -6.58. The van der Waals surface area contributed by atoms with E-state index in [9.17, 15) is 0 Å². The Labute approximate surface area is 282 Å². The van der Waals surface area contributed by atoms with Crippen molar-refractivity contribution in [2.75, 3.05) is 4.90 Å². The molecule has 0 aliphatic heterocycles. The molecular formula is C46H29NO2. The minimum absolute atomic E-state index is 0.856. The van der Waals surface area contributed by atoms with Crippen LogP contribution in [0, 0.1) is 0 Å². The summed E-state index contributed by atoms with van der Waals surface area (Å²) in [6, 6.07) is 62.0. The fraction of sp³-hybridized carbons (Fsp3) is 0. The van der Waals surface area contributed by atoms with Crippen LogP contribution in [0.5, 0.6) is 0 Å². The van der Waals surface area contributed by atoms with Crippen molar-refractivity contribution in [2.45, 2.75) is 0 Å². The maximum absolute atomic E-state index is 6.49. The summed E-state index contributed by atoms with van der Waals surface area (Å²) in [7, 11) is 0. The Morgan fingerprint density at radius 2 is 0.959 bits per heavy atom. The summed E-state index contributed by atoms with van der Waals surface area (Å²) in [5, 5.41) is 6.84. The highest BCUT2D eigenvalue weighted by atomic mass is 16.3. The molecule has 0 saturated heterocycles. The molecule has 230 valence electrons. The predicted molar refractivity (Wildman–Crippen MR) is 204 cm³/mol. The van der Waals surface area contributed by atoms with Crippen LogP contribution in [-0.4, -0.2) is 0 Å². The molecule has 10 aromatic rings. The Kier molecular flexibility index (Phi) is 6.18. The first-order chi connectivity index (χ1) is 24.3. The highest BCUT2D eigenvalue weighted by Crippen LogP contribution is 2.47. The van der Waals surface area contributed by atoms with E-state index in [0.29, 0.717) is 0 Å². The third-order valence-corrected chi connectivity index (χ3v) is 9.67. The molecule has 3 nitrogen and oxygen atoms in total. The molecule has 2 heterocycles. The molecule has 0 fully saturated rings. The highest BCUT2D eigenvalue weighted by molar-refractivity contribution is 6.15. The van der Waals surface area contributed by atoms with Crippen LogP contribution in [0.15, 0.2) is 185 Å². The van der Waals surface area contributed by atoms with E-state index in [1.165, 1.54) is 16.3 Å². The van der Waals surface area contributed by atoms with Gasteiger partial charge in [-0.1, -0.05) is 133 Å². The Bertz CT molecular complexity index is 2850. The average Bonchev–Trinajstić information content (AvgIpc) is 3.74. The molecule has 3 heteroatoms. The van der Waals surface area contributed by atoms with Crippen LogP contribution >= 0.6 is 0 Å². The quantitative estimate of drug-likeness (QED) is 0.190. The number of fused-ring (bicyclic) bond motifs is 7. The van der Waals surface area contributed by atoms with Gasteiger partial charge in [0.05, 0.1) is 16.8 Å². The summed E-state index contributed by atoms with van der Waals surface area (Å²) < 4.78 is 12.9. The van der Waals surface area contributed by atoms with Gasteiger partial charge in [0.25, 0.3) is 0 Å². The second-order valence-electron chi connectivity index (χ2n) is 12.5. The standard InChI is InChI=1S/C46H29NO2/c1-2-17-33-30(13-1)14-10-22-35(33)36-18-3-6-24-40(36)47(41-25-12-28-44-45(41)39-20-5-8-27-43(39)48-44)32-16-9-15-31(29-32)34-21-11-23-38-37-19-4-7-26-42(37)49-46(34)38/h1-29H. The largest absolute Gasteiger partial charge is 0.456 e. The van der Waals surface area contributed by atoms with Crippen molar-refractivity contribution in [3.8, 4) is 22.3 Å². The molecule has 10 rings (SSSR count). The molecular weight excluding hydrogens is 599 g/mol. The summed E-state index contributed by atoms with van der Waals surface area (Å²) in [4.78, 5) is 2.39. The molecule has 0 unspecified atom stereocenters. The Balaban J connectivity index is 1.26. The van der Waals surface area contributed by atoms with Gasteiger partial charge in [0.2, 0.25) is 0 Å². The lowest BCUT2D eigenvalue weighted by Crippen LogP contribution is -2.11. The van der Waals surface area contributed by atoms with Crippen molar-refractivity contribution in [3.05, 3.63) is 176 Å². The maximum atomic E-state index is 6.49. The van der Waals surface area contributed by atoms with Crippen LogP contribution in [0.4, 0.5) is 17.1 Å². The highest BCUT2D eigenvalue weighted by Gasteiger charge is 2.23. The van der Waals surface area contributed by atoms with E-state index < -0.39 is 0 Å². The van der Waals surface area contributed by atoms with E-state index in [0.717, 1.165) is 77.6 Å². The average molecular weight is 628 g/mol. The number of hydrogen-bond donors (Lipinski definition) is 0. The molecule has 0 atom stereocenters. The van der Waals surface area contributed by atoms with Crippen LogP contribution < -0.4 is 4.90 Å². The van der Waals surface area contributed by atoms with E-state index in [4.69, 9.17) is 8.83 Å². The van der Waals surface area contributed by atoms with Crippen molar-refractivity contribution in [3.63, 3.8) is 0 Å².